The maximum Gasteiger partial charge on any atom is 0.233 e. The van der Waals surface area contributed by atoms with E-state index in [-0.39, 0.29) is 5.91 Å². The topological polar surface area (TPSA) is 43.1 Å². The summed E-state index contributed by atoms with van der Waals surface area (Å²) in [6, 6.07) is 7.33. The van der Waals surface area contributed by atoms with Crippen LogP contribution in [-0.2, 0) is 4.79 Å². The van der Waals surface area contributed by atoms with Crippen LogP contribution in [0.4, 0.5) is 0 Å². The molecule has 0 saturated carbocycles. The summed E-state index contributed by atoms with van der Waals surface area (Å²) in [5.41, 5.74) is 5.26. The SMILES string of the molecule is CC(C)(Sc1ccc(Cl)cc1)C(N)=O. The number of amides is 1. The van der Waals surface area contributed by atoms with Crippen molar-refractivity contribution in [3.63, 3.8) is 0 Å². The van der Waals surface area contributed by atoms with Crippen LogP contribution < -0.4 is 5.73 Å². The Balaban J connectivity index is 2.79. The molecule has 0 aromatic heterocycles. The minimum atomic E-state index is -0.589. The van der Waals surface area contributed by atoms with Gasteiger partial charge in [0.25, 0.3) is 0 Å². The summed E-state index contributed by atoms with van der Waals surface area (Å²) in [4.78, 5) is 12.1. The Kier molecular flexibility index (Phi) is 3.45. The highest BCUT2D eigenvalue weighted by atomic mass is 35.5. The lowest BCUT2D eigenvalue weighted by molar-refractivity contribution is -0.119. The van der Waals surface area contributed by atoms with Crippen LogP contribution in [-0.4, -0.2) is 10.7 Å². The molecule has 0 fully saturated rings. The molecule has 4 heteroatoms. The van der Waals surface area contributed by atoms with Crippen molar-refractivity contribution in [2.24, 2.45) is 5.73 Å². The van der Waals surface area contributed by atoms with Crippen LogP contribution in [0.1, 0.15) is 13.8 Å². The third kappa shape index (κ3) is 2.93. The molecule has 1 aromatic carbocycles. The van der Waals surface area contributed by atoms with Crippen molar-refractivity contribution in [2.45, 2.75) is 23.5 Å². The molecule has 0 radical (unpaired) electrons. The number of hydrogen-bond donors (Lipinski definition) is 1. The average Bonchev–Trinajstić information content (AvgIpc) is 2.08. The second-order valence-electron chi connectivity index (χ2n) is 3.43. The van der Waals surface area contributed by atoms with Crippen molar-refractivity contribution in [3.8, 4) is 0 Å². The van der Waals surface area contributed by atoms with E-state index in [1.54, 1.807) is 26.0 Å². The molecule has 14 heavy (non-hydrogen) atoms. The molecular formula is C10H12ClNOS. The highest BCUT2D eigenvalue weighted by Crippen LogP contribution is 2.32. The zero-order chi connectivity index (χ0) is 10.8. The van der Waals surface area contributed by atoms with Crippen LogP contribution in [0, 0.1) is 0 Å². The van der Waals surface area contributed by atoms with Gasteiger partial charge in [-0.05, 0) is 38.1 Å². The Labute approximate surface area is 92.8 Å². The predicted octanol–water partition coefficient (Wildman–Crippen LogP) is 2.70. The molecule has 76 valence electrons. The van der Waals surface area contributed by atoms with Gasteiger partial charge in [-0.1, -0.05) is 11.6 Å². The predicted molar refractivity (Wildman–Crippen MR) is 60.6 cm³/mol. The number of halogens is 1. The van der Waals surface area contributed by atoms with Gasteiger partial charge in [0.05, 0.1) is 4.75 Å². The Morgan fingerprint density at radius 1 is 1.36 bits per heavy atom. The van der Waals surface area contributed by atoms with Crippen LogP contribution in [0.5, 0.6) is 0 Å². The molecule has 0 aliphatic rings. The Morgan fingerprint density at radius 2 is 1.86 bits per heavy atom. The van der Waals surface area contributed by atoms with Crippen LogP contribution in [0.15, 0.2) is 29.2 Å². The van der Waals surface area contributed by atoms with Crippen molar-refractivity contribution in [1.29, 1.82) is 0 Å². The van der Waals surface area contributed by atoms with Gasteiger partial charge in [0.1, 0.15) is 0 Å². The zero-order valence-corrected chi connectivity index (χ0v) is 9.65. The number of benzene rings is 1. The van der Waals surface area contributed by atoms with Gasteiger partial charge in [0.15, 0.2) is 0 Å². The smallest absolute Gasteiger partial charge is 0.233 e. The van der Waals surface area contributed by atoms with E-state index >= 15 is 0 Å². The molecule has 1 rings (SSSR count). The number of thioether (sulfide) groups is 1. The molecule has 0 aliphatic heterocycles. The fourth-order valence-corrected chi connectivity index (χ4v) is 1.94. The second-order valence-corrected chi connectivity index (χ2v) is 5.56. The summed E-state index contributed by atoms with van der Waals surface area (Å²) in [5, 5.41) is 0.686. The lowest BCUT2D eigenvalue weighted by Gasteiger charge is -2.19. The van der Waals surface area contributed by atoms with Gasteiger partial charge >= 0.3 is 0 Å². The maximum absolute atomic E-state index is 11.1. The molecule has 0 unspecified atom stereocenters. The Morgan fingerprint density at radius 3 is 2.29 bits per heavy atom. The lowest BCUT2D eigenvalue weighted by atomic mass is 10.2. The van der Waals surface area contributed by atoms with Crippen LogP contribution in [0.3, 0.4) is 0 Å². The number of primary amides is 1. The Bertz CT molecular complexity index is 334. The highest BCUT2D eigenvalue weighted by Gasteiger charge is 2.25. The number of hydrogen-bond acceptors (Lipinski definition) is 2. The quantitative estimate of drug-likeness (QED) is 0.810. The summed E-state index contributed by atoms with van der Waals surface area (Å²) in [5.74, 6) is -0.322. The van der Waals surface area contributed by atoms with E-state index in [9.17, 15) is 4.79 Å². The van der Waals surface area contributed by atoms with Gasteiger partial charge < -0.3 is 5.73 Å². The van der Waals surface area contributed by atoms with Crippen molar-refractivity contribution in [1.82, 2.24) is 0 Å². The van der Waals surface area contributed by atoms with Gasteiger partial charge in [-0.15, -0.1) is 11.8 Å². The fourth-order valence-electron chi connectivity index (χ4n) is 0.848. The number of nitrogens with two attached hydrogens (primary N) is 1. The van der Waals surface area contributed by atoms with Crippen molar-refractivity contribution in [2.75, 3.05) is 0 Å². The monoisotopic (exact) mass is 229 g/mol. The summed E-state index contributed by atoms with van der Waals surface area (Å²) in [6.07, 6.45) is 0. The maximum atomic E-state index is 11.1. The summed E-state index contributed by atoms with van der Waals surface area (Å²) in [6.45, 7) is 3.60. The van der Waals surface area contributed by atoms with Gasteiger partial charge in [-0.2, -0.15) is 0 Å². The van der Waals surface area contributed by atoms with E-state index in [4.69, 9.17) is 17.3 Å². The van der Waals surface area contributed by atoms with Crippen LogP contribution >= 0.6 is 23.4 Å². The molecule has 0 spiro atoms. The van der Waals surface area contributed by atoms with Crippen LogP contribution in [0.25, 0.3) is 0 Å². The minimum Gasteiger partial charge on any atom is -0.368 e. The molecule has 1 amide bonds. The van der Waals surface area contributed by atoms with E-state index < -0.39 is 4.75 Å². The number of carbonyl (C=O) groups is 1. The first kappa shape index (κ1) is 11.4. The first-order valence-corrected chi connectivity index (χ1v) is 5.36. The van der Waals surface area contributed by atoms with E-state index in [1.807, 2.05) is 12.1 Å². The number of carbonyl (C=O) groups excluding carboxylic acids is 1. The van der Waals surface area contributed by atoms with Crippen LogP contribution in [0.2, 0.25) is 5.02 Å². The van der Waals surface area contributed by atoms with Crippen molar-refractivity contribution in [3.05, 3.63) is 29.3 Å². The van der Waals surface area contributed by atoms with E-state index in [0.29, 0.717) is 5.02 Å². The fraction of sp³-hybridized carbons (Fsp3) is 0.300. The van der Waals surface area contributed by atoms with Gasteiger partial charge in [0.2, 0.25) is 5.91 Å². The van der Waals surface area contributed by atoms with Gasteiger partial charge in [-0.25, -0.2) is 0 Å². The summed E-state index contributed by atoms with van der Waals surface area (Å²) in [7, 11) is 0. The van der Waals surface area contributed by atoms with Crippen molar-refractivity contribution >= 4 is 29.3 Å². The van der Waals surface area contributed by atoms with Crippen molar-refractivity contribution < 1.29 is 4.79 Å². The summed E-state index contributed by atoms with van der Waals surface area (Å²) < 4.78 is -0.589. The normalized spacial score (nSPS) is 11.4. The molecule has 2 N–H and O–H groups in total. The van der Waals surface area contributed by atoms with E-state index in [0.717, 1.165) is 4.90 Å². The molecule has 2 nitrogen and oxygen atoms in total. The molecular weight excluding hydrogens is 218 g/mol. The largest absolute Gasteiger partial charge is 0.368 e. The Hall–Kier alpha value is -0.670. The summed E-state index contributed by atoms with van der Waals surface area (Å²) >= 11 is 7.17. The highest BCUT2D eigenvalue weighted by molar-refractivity contribution is 8.01. The first-order valence-electron chi connectivity index (χ1n) is 4.16. The lowest BCUT2D eigenvalue weighted by Crippen LogP contribution is -2.34. The zero-order valence-electron chi connectivity index (χ0n) is 8.08. The molecule has 1 aromatic rings. The molecule has 0 saturated heterocycles. The van der Waals surface area contributed by atoms with Gasteiger partial charge in [0, 0.05) is 9.92 Å². The molecule has 0 bridgehead atoms. The van der Waals surface area contributed by atoms with Gasteiger partial charge in [-0.3, -0.25) is 4.79 Å². The van der Waals surface area contributed by atoms with E-state index in [1.165, 1.54) is 11.8 Å². The third-order valence-electron chi connectivity index (χ3n) is 1.78. The minimum absolute atomic E-state index is 0.322. The second kappa shape index (κ2) is 4.24. The number of rotatable bonds is 3. The molecule has 0 atom stereocenters. The molecule has 0 heterocycles. The average molecular weight is 230 g/mol. The standard InChI is InChI=1S/C10H12ClNOS/c1-10(2,9(12)13)14-8-5-3-7(11)4-6-8/h3-6H,1-2H3,(H2,12,13). The first-order chi connectivity index (χ1) is 6.42. The van der Waals surface area contributed by atoms with E-state index in [2.05, 4.69) is 0 Å². The molecule has 0 aliphatic carbocycles. The third-order valence-corrected chi connectivity index (χ3v) is 3.25.